The Balaban J connectivity index is 1.32. The number of H-pyrrole nitrogens is 1. The highest BCUT2D eigenvalue weighted by molar-refractivity contribution is 5.97. The predicted molar refractivity (Wildman–Crippen MR) is 162 cm³/mol. The first-order valence-electron chi connectivity index (χ1n) is 13.9. The molecule has 5 aromatic rings. The van der Waals surface area contributed by atoms with Crippen LogP contribution in [0.1, 0.15) is 34.8 Å². The zero-order valence-corrected chi connectivity index (χ0v) is 22.9. The first kappa shape index (κ1) is 26.9. The molecule has 0 bridgehead atoms. The molecule has 4 aromatic carbocycles. The number of hydrogen-bond acceptors (Lipinski definition) is 2. The summed E-state index contributed by atoms with van der Waals surface area (Å²) in [5.74, 6) is -0.169. The van der Waals surface area contributed by atoms with Gasteiger partial charge in [-0.2, -0.15) is 0 Å². The average Bonchev–Trinajstić information content (AvgIpc) is 3.42. The van der Waals surface area contributed by atoms with Crippen molar-refractivity contribution in [2.45, 2.75) is 26.3 Å². The smallest absolute Gasteiger partial charge is 0.254 e. The summed E-state index contributed by atoms with van der Waals surface area (Å²) in [6, 6.07) is 36.0. The van der Waals surface area contributed by atoms with Crippen molar-refractivity contribution in [3.8, 4) is 11.1 Å². The zero-order valence-electron chi connectivity index (χ0n) is 22.9. The van der Waals surface area contributed by atoms with E-state index in [-0.39, 0.29) is 18.4 Å². The van der Waals surface area contributed by atoms with Crippen molar-refractivity contribution in [3.05, 3.63) is 132 Å². The summed E-state index contributed by atoms with van der Waals surface area (Å²) >= 11 is 0. The highest BCUT2D eigenvalue weighted by Gasteiger charge is 2.22. The molecule has 0 atom stereocenters. The van der Waals surface area contributed by atoms with Gasteiger partial charge in [0.05, 0.1) is 0 Å². The first-order chi connectivity index (χ1) is 19.6. The summed E-state index contributed by atoms with van der Waals surface area (Å²) < 4.78 is 0. The molecule has 202 valence electrons. The topological polar surface area (TPSA) is 56.4 Å². The van der Waals surface area contributed by atoms with E-state index >= 15 is 0 Å². The maximum Gasteiger partial charge on any atom is 0.254 e. The van der Waals surface area contributed by atoms with Crippen molar-refractivity contribution < 1.29 is 9.59 Å². The fourth-order valence-electron chi connectivity index (χ4n) is 5.09. The van der Waals surface area contributed by atoms with Gasteiger partial charge >= 0.3 is 0 Å². The summed E-state index contributed by atoms with van der Waals surface area (Å²) in [6.07, 6.45) is 3.53. The predicted octanol–water partition coefficient (Wildman–Crippen LogP) is 6.96. The fourth-order valence-corrected chi connectivity index (χ4v) is 5.09. The van der Waals surface area contributed by atoms with E-state index in [1.54, 1.807) is 4.90 Å². The molecular weight excluding hydrogens is 494 g/mol. The van der Waals surface area contributed by atoms with Gasteiger partial charge < -0.3 is 14.8 Å². The molecule has 2 amide bonds. The molecule has 1 N–H and O–H groups in total. The number of aromatic nitrogens is 1. The van der Waals surface area contributed by atoms with Gasteiger partial charge in [-0.1, -0.05) is 97.9 Å². The van der Waals surface area contributed by atoms with Crippen LogP contribution in [0.5, 0.6) is 0 Å². The molecule has 0 aliphatic heterocycles. The summed E-state index contributed by atoms with van der Waals surface area (Å²) in [4.78, 5) is 34.2. The number of benzene rings is 4. The number of aromatic amines is 1. The van der Waals surface area contributed by atoms with Crippen LogP contribution in [0.3, 0.4) is 0 Å². The largest absolute Gasteiger partial charge is 0.361 e. The Morgan fingerprint density at radius 1 is 0.700 bits per heavy atom. The van der Waals surface area contributed by atoms with Crippen LogP contribution >= 0.6 is 0 Å². The third-order valence-electron chi connectivity index (χ3n) is 7.24. The third-order valence-corrected chi connectivity index (χ3v) is 7.24. The molecule has 0 fully saturated rings. The minimum atomic E-state index is -0.119. The van der Waals surface area contributed by atoms with Crippen molar-refractivity contribution in [2.24, 2.45) is 0 Å². The van der Waals surface area contributed by atoms with Crippen LogP contribution in [0.25, 0.3) is 22.0 Å². The summed E-state index contributed by atoms with van der Waals surface area (Å²) in [5, 5.41) is 1.18. The van der Waals surface area contributed by atoms with E-state index in [1.807, 2.05) is 103 Å². The summed E-state index contributed by atoms with van der Waals surface area (Å²) in [6.45, 7) is 3.67. The molecular formula is C35H35N3O2. The second kappa shape index (κ2) is 12.9. The van der Waals surface area contributed by atoms with Crippen LogP contribution in [0.15, 0.2) is 115 Å². The van der Waals surface area contributed by atoms with E-state index in [0.29, 0.717) is 25.2 Å². The number of rotatable bonds is 11. The Morgan fingerprint density at radius 3 is 2.08 bits per heavy atom. The minimum Gasteiger partial charge on any atom is -0.361 e. The number of fused-ring (bicyclic) bond motifs is 1. The Kier molecular flexibility index (Phi) is 8.72. The molecule has 0 aliphatic rings. The lowest BCUT2D eigenvalue weighted by Crippen LogP contribution is -2.43. The third kappa shape index (κ3) is 6.49. The van der Waals surface area contributed by atoms with E-state index in [0.717, 1.165) is 35.0 Å². The number of nitrogens with one attached hydrogen (secondary N) is 1. The summed E-state index contributed by atoms with van der Waals surface area (Å²) in [5.41, 5.74) is 6.10. The van der Waals surface area contributed by atoms with Crippen molar-refractivity contribution in [2.75, 3.05) is 19.6 Å². The Hall–Kier alpha value is -4.64. The Morgan fingerprint density at radius 2 is 1.35 bits per heavy atom. The summed E-state index contributed by atoms with van der Waals surface area (Å²) in [7, 11) is 0. The van der Waals surface area contributed by atoms with E-state index in [1.165, 1.54) is 10.9 Å². The normalized spacial score (nSPS) is 10.9. The number of amides is 2. The maximum absolute atomic E-state index is 13.8. The highest BCUT2D eigenvalue weighted by atomic mass is 16.2. The van der Waals surface area contributed by atoms with Gasteiger partial charge in [-0.05, 0) is 53.3 Å². The molecule has 0 saturated carbocycles. The van der Waals surface area contributed by atoms with E-state index in [9.17, 15) is 9.59 Å². The van der Waals surface area contributed by atoms with Gasteiger partial charge in [0.15, 0.2) is 0 Å². The first-order valence-corrected chi connectivity index (χ1v) is 13.9. The lowest BCUT2D eigenvalue weighted by molar-refractivity contribution is -0.132. The molecule has 1 aromatic heterocycles. The SMILES string of the molecule is CCCN(CC(=O)N(CCc1c[nH]c2ccccc12)Cc1ccccc1)C(=O)c1ccc(-c2ccccc2)cc1. The highest BCUT2D eigenvalue weighted by Crippen LogP contribution is 2.21. The fraction of sp³-hybridized carbons (Fsp3) is 0.200. The lowest BCUT2D eigenvalue weighted by atomic mass is 10.0. The molecule has 0 spiro atoms. The molecule has 0 radical (unpaired) electrons. The molecule has 0 aliphatic carbocycles. The number of hydrogen-bond donors (Lipinski definition) is 1. The van der Waals surface area contributed by atoms with Gasteiger partial charge in [0.2, 0.25) is 5.91 Å². The van der Waals surface area contributed by atoms with Crippen molar-refractivity contribution >= 4 is 22.7 Å². The Bertz CT molecular complexity index is 1540. The van der Waals surface area contributed by atoms with Crippen molar-refractivity contribution in [3.63, 3.8) is 0 Å². The van der Waals surface area contributed by atoms with E-state index in [2.05, 4.69) is 29.2 Å². The minimum absolute atomic E-state index is 0.0494. The van der Waals surface area contributed by atoms with Gasteiger partial charge in [-0.15, -0.1) is 0 Å². The molecule has 40 heavy (non-hydrogen) atoms. The van der Waals surface area contributed by atoms with Crippen LogP contribution in [0, 0.1) is 0 Å². The van der Waals surface area contributed by atoms with Crippen LogP contribution in [-0.2, 0) is 17.8 Å². The molecule has 5 rings (SSSR count). The second-order valence-corrected chi connectivity index (χ2v) is 10.1. The van der Waals surface area contributed by atoms with Crippen LogP contribution in [-0.4, -0.2) is 46.2 Å². The van der Waals surface area contributed by atoms with Crippen molar-refractivity contribution in [1.82, 2.24) is 14.8 Å². The monoisotopic (exact) mass is 529 g/mol. The van der Waals surface area contributed by atoms with Gasteiger partial charge in [0.1, 0.15) is 6.54 Å². The van der Waals surface area contributed by atoms with Gasteiger partial charge in [-0.3, -0.25) is 9.59 Å². The van der Waals surface area contributed by atoms with Gasteiger partial charge in [0.25, 0.3) is 5.91 Å². The number of nitrogens with zero attached hydrogens (tertiary/aromatic N) is 2. The van der Waals surface area contributed by atoms with Gasteiger partial charge in [0, 0.05) is 42.3 Å². The van der Waals surface area contributed by atoms with E-state index < -0.39 is 0 Å². The maximum atomic E-state index is 13.8. The molecule has 0 unspecified atom stereocenters. The lowest BCUT2D eigenvalue weighted by Gasteiger charge is -2.28. The molecule has 5 nitrogen and oxygen atoms in total. The van der Waals surface area contributed by atoms with Crippen LogP contribution in [0.4, 0.5) is 0 Å². The second-order valence-electron chi connectivity index (χ2n) is 10.1. The quantitative estimate of drug-likeness (QED) is 0.201. The van der Waals surface area contributed by atoms with Crippen LogP contribution in [0.2, 0.25) is 0 Å². The number of carbonyl (C=O) groups excluding carboxylic acids is 2. The molecule has 5 heteroatoms. The Labute approximate surface area is 236 Å². The van der Waals surface area contributed by atoms with Crippen molar-refractivity contribution in [1.29, 1.82) is 0 Å². The number of carbonyl (C=O) groups is 2. The number of para-hydroxylation sites is 1. The van der Waals surface area contributed by atoms with Gasteiger partial charge in [-0.25, -0.2) is 0 Å². The molecule has 0 saturated heterocycles. The molecule has 1 heterocycles. The zero-order chi connectivity index (χ0) is 27.7. The standard InChI is InChI=1S/C35H35N3O2/c1-2-22-38(35(40)30-19-17-29(18-20-30)28-13-7-4-8-14-28)26-34(39)37(25-27-11-5-3-6-12-27)23-21-31-24-36-33-16-10-9-15-32(31)33/h3-20,24,36H,2,21-23,25-26H2,1H3. The van der Waals surface area contributed by atoms with Crippen LogP contribution < -0.4 is 0 Å². The van der Waals surface area contributed by atoms with E-state index in [4.69, 9.17) is 0 Å². The average molecular weight is 530 g/mol.